The third kappa shape index (κ3) is 3.23. The van der Waals surface area contributed by atoms with Gasteiger partial charge in [-0.05, 0) is 19.1 Å². The second-order valence-corrected chi connectivity index (χ2v) is 6.05. The second-order valence-electron chi connectivity index (χ2n) is 6.05. The predicted molar refractivity (Wildman–Crippen MR) is 97.2 cm³/mol. The molecule has 1 aromatic carbocycles. The van der Waals surface area contributed by atoms with E-state index in [1.165, 1.54) is 6.07 Å². The zero-order valence-corrected chi connectivity index (χ0v) is 14.2. The number of aromatic nitrogens is 5. The average molecular weight is 348 g/mol. The fourth-order valence-corrected chi connectivity index (χ4v) is 2.88. The Bertz CT molecular complexity index is 1030. The maximum atomic E-state index is 14.2. The number of hydrogen-bond acceptors (Lipinski definition) is 5. The fraction of sp³-hybridized carbons (Fsp3) is 0.158. The first-order chi connectivity index (χ1) is 12.7. The van der Waals surface area contributed by atoms with Crippen molar-refractivity contribution in [2.75, 3.05) is 5.32 Å². The molecule has 0 aliphatic carbocycles. The molecule has 0 amide bonds. The molecule has 0 saturated heterocycles. The molecule has 0 fully saturated rings. The lowest BCUT2D eigenvalue weighted by molar-refractivity contribution is 0.630. The maximum Gasteiger partial charge on any atom is 0.157 e. The van der Waals surface area contributed by atoms with E-state index in [2.05, 4.69) is 25.4 Å². The highest BCUT2D eigenvalue weighted by Crippen LogP contribution is 2.25. The largest absolute Gasteiger partial charge is 0.367 e. The van der Waals surface area contributed by atoms with Gasteiger partial charge in [-0.1, -0.05) is 12.1 Å². The van der Waals surface area contributed by atoms with E-state index < -0.39 is 0 Å². The highest BCUT2D eigenvalue weighted by Gasteiger charge is 2.13. The first-order valence-corrected chi connectivity index (χ1v) is 8.32. The van der Waals surface area contributed by atoms with Gasteiger partial charge in [-0.25, -0.2) is 9.37 Å². The summed E-state index contributed by atoms with van der Waals surface area (Å²) in [5, 5.41) is 7.73. The van der Waals surface area contributed by atoms with Gasteiger partial charge in [-0.15, -0.1) is 0 Å². The molecule has 3 aromatic heterocycles. The molecule has 0 spiro atoms. The van der Waals surface area contributed by atoms with Crippen molar-refractivity contribution in [3.8, 4) is 11.3 Å². The van der Waals surface area contributed by atoms with Crippen LogP contribution in [0.5, 0.6) is 0 Å². The monoisotopic (exact) mass is 348 g/mol. The molecule has 1 atom stereocenters. The lowest BCUT2D eigenvalue weighted by Gasteiger charge is -2.16. The SMILES string of the molecule is C[C@H](Cc1cnccn1)Nc1cc(-c2ccccc2F)nc2ccnn12. The van der Waals surface area contributed by atoms with Gasteiger partial charge in [0.2, 0.25) is 0 Å². The van der Waals surface area contributed by atoms with Crippen LogP contribution in [0.4, 0.5) is 10.2 Å². The zero-order chi connectivity index (χ0) is 17.9. The summed E-state index contributed by atoms with van der Waals surface area (Å²) in [6.45, 7) is 2.05. The van der Waals surface area contributed by atoms with Crippen LogP contribution in [0.2, 0.25) is 0 Å². The topological polar surface area (TPSA) is 68.0 Å². The van der Waals surface area contributed by atoms with Gasteiger partial charge in [0, 0.05) is 48.7 Å². The van der Waals surface area contributed by atoms with E-state index in [9.17, 15) is 4.39 Å². The molecule has 0 bridgehead atoms. The minimum absolute atomic E-state index is 0.0787. The molecule has 0 radical (unpaired) electrons. The third-order valence-corrected chi connectivity index (χ3v) is 4.04. The number of halogens is 1. The highest BCUT2D eigenvalue weighted by molar-refractivity contribution is 5.67. The van der Waals surface area contributed by atoms with Crippen LogP contribution in [0.25, 0.3) is 16.9 Å². The Balaban J connectivity index is 1.68. The summed E-state index contributed by atoms with van der Waals surface area (Å²) < 4.78 is 15.9. The first-order valence-electron chi connectivity index (χ1n) is 8.32. The molecule has 0 aliphatic rings. The number of fused-ring (bicyclic) bond motifs is 1. The Kier molecular flexibility index (Phi) is 4.27. The van der Waals surface area contributed by atoms with E-state index in [-0.39, 0.29) is 11.9 Å². The lowest BCUT2D eigenvalue weighted by atomic mass is 10.1. The Hall–Kier alpha value is -3.35. The molecule has 6 nitrogen and oxygen atoms in total. The number of anilines is 1. The Morgan fingerprint density at radius 1 is 1.15 bits per heavy atom. The van der Waals surface area contributed by atoms with Gasteiger partial charge in [0.25, 0.3) is 0 Å². The van der Waals surface area contributed by atoms with Gasteiger partial charge in [-0.2, -0.15) is 9.61 Å². The lowest BCUT2D eigenvalue weighted by Crippen LogP contribution is -2.21. The van der Waals surface area contributed by atoms with Gasteiger partial charge in [-0.3, -0.25) is 9.97 Å². The molecule has 3 heterocycles. The number of nitrogens with one attached hydrogen (secondary N) is 1. The van der Waals surface area contributed by atoms with Crippen LogP contribution >= 0.6 is 0 Å². The summed E-state index contributed by atoms with van der Waals surface area (Å²) in [4.78, 5) is 12.9. The second kappa shape index (κ2) is 6.87. The molecular weight excluding hydrogens is 331 g/mol. The van der Waals surface area contributed by atoms with Crippen molar-refractivity contribution in [3.05, 3.63) is 72.7 Å². The van der Waals surface area contributed by atoms with Crippen LogP contribution in [-0.4, -0.2) is 30.6 Å². The molecule has 26 heavy (non-hydrogen) atoms. The Morgan fingerprint density at radius 3 is 2.85 bits per heavy atom. The van der Waals surface area contributed by atoms with Crippen molar-refractivity contribution < 1.29 is 4.39 Å². The number of nitrogens with zero attached hydrogens (tertiary/aromatic N) is 5. The Morgan fingerprint density at radius 2 is 2.04 bits per heavy atom. The summed E-state index contributed by atoms with van der Waals surface area (Å²) in [7, 11) is 0. The van der Waals surface area contributed by atoms with E-state index in [4.69, 9.17) is 0 Å². The zero-order valence-electron chi connectivity index (χ0n) is 14.2. The molecule has 130 valence electrons. The van der Waals surface area contributed by atoms with Crippen molar-refractivity contribution in [1.29, 1.82) is 0 Å². The summed E-state index contributed by atoms with van der Waals surface area (Å²) in [6.07, 6.45) is 7.45. The van der Waals surface area contributed by atoms with Crippen molar-refractivity contribution in [3.63, 3.8) is 0 Å². The minimum Gasteiger partial charge on any atom is -0.367 e. The molecule has 0 saturated carbocycles. The van der Waals surface area contributed by atoms with Crippen LogP contribution in [0, 0.1) is 5.82 Å². The molecule has 4 aromatic rings. The normalized spacial score (nSPS) is 12.2. The molecule has 7 heteroatoms. The van der Waals surface area contributed by atoms with Crippen molar-refractivity contribution >= 4 is 11.5 Å². The maximum absolute atomic E-state index is 14.2. The van der Waals surface area contributed by atoms with E-state index >= 15 is 0 Å². The van der Waals surface area contributed by atoms with Crippen LogP contribution in [-0.2, 0) is 6.42 Å². The highest BCUT2D eigenvalue weighted by atomic mass is 19.1. The van der Waals surface area contributed by atoms with Crippen molar-refractivity contribution in [1.82, 2.24) is 24.6 Å². The standard InChI is InChI=1S/C19H17FN6/c1-13(10-14-12-21-8-9-22-14)24-19-11-17(15-4-2-3-5-16(15)20)25-18-6-7-23-26(18)19/h2-9,11-13,24H,10H2,1H3/t13-/m1/s1. The number of hydrogen-bond donors (Lipinski definition) is 1. The smallest absolute Gasteiger partial charge is 0.157 e. The van der Waals surface area contributed by atoms with Gasteiger partial charge in [0.15, 0.2) is 5.65 Å². The van der Waals surface area contributed by atoms with Crippen LogP contribution < -0.4 is 5.32 Å². The molecule has 0 aliphatic heterocycles. The van der Waals surface area contributed by atoms with Gasteiger partial charge >= 0.3 is 0 Å². The quantitative estimate of drug-likeness (QED) is 0.599. The minimum atomic E-state index is -0.303. The first kappa shape index (κ1) is 16.1. The summed E-state index contributed by atoms with van der Waals surface area (Å²) in [6, 6.07) is 10.3. The summed E-state index contributed by atoms with van der Waals surface area (Å²) in [5.41, 5.74) is 2.57. The van der Waals surface area contributed by atoms with Crippen molar-refractivity contribution in [2.45, 2.75) is 19.4 Å². The summed E-state index contributed by atoms with van der Waals surface area (Å²) >= 11 is 0. The number of rotatable bonds is 5. The summed E-state index contributed by atoms with van der Waals surface area (Å²) in [5.74, 6) is 0.442. The van der Waals surface area contributed by atoms with Gasteiger partial charge < -0.3 is 5.32 Å². The van der Waals surface area contributed by atoms with E-state index in [0.717, 1.165) is 11.5 Å². The molecule has 0 unspecified atom stereocenters. The Labute approximate surface area is 149 Å². The fourth-order valence-electron chi connectivity index (χ4n) is 2.88. The van der Waals surface area contributed by atoms with Crippen LogP contribution in [0.15, 0.2) is 61.2 Å². The predicted octanol–water partition coefficient (Wildman–Crippen LogP) is 3.37. The third-order valence-electron chi connectivity index (χ3n) is 4.04. The molecule has 1 N–H and O–H groups in total. The number of benzene rings is 1. The van der Waals surface area contributed by atoms with Crippen molar-refractivity contribution in [2.24, 2.45) is 0 Å². The molecule has 4 rings (SSSR count). The van der Waals surface area contributed by atoms with Crippen LogP contribution in [0.3, 0.4) is 0 Å². The van der Waals surface area contributed by atoms with Crippen LogP contribution in [0.1, 0.15) is 12.6 Å². The van der Waals surface area contributed by atoms with E-state index in [1.807, 2.05) is 13.0 Å². The average Bonchev–Trinajstić information content (AvgIpc) is 3.12. The van der Waals surface area contributed by atoms with E-state index in [0.29, 0.717) is 23.3 Å². The van der Waals surface area contributed by atoms with E-state index in [1.54, 1.807) is 53.6 Å². The van der Waals surface area contributed by atoms with Gasteiger partial charge in [0.1, 0.15) is 11.6 Å². The molecular formula is C19H17FN6. The van der Waals surface area contributed by atoms with Gasteiger partial charge in [0.05, 0.1) is 17.6 Å².